The van der Waals surface area contributed by atoms with Crippen molar-refractivity contribution in [3.8, 4) is 11.4 Å². The largest absolute Gasteiger partial charge is 0.326 e. The minimum Gasteiger partial charge on any atom is -0.326 e. The highest BCUT2D eigenvalue weighted by molar-refractivity contribution is 7.71. The molecule has 3 N–H and O–H groups in total. The van der Waals surface area contributed by atoms with E-state index in [9.17, 15) is 9.59 Å². The van der Waals surface area contributed by atoms with E-state index in [-0.39, 0.29) is 24.2 Å². The molecule has 2 amide bonds. The Kier molecular flexibility index (Phi) is 5.76. The number of rotatable bonds is 7. The fourth-order valence-corrected chi connectivity index (χ4v) is 3.34. The Hall–Kier alpha value is -3.26. The molecule has 1 heterocycles. The van der Waals surface area contributed by atoms with Crippen molar-refractivity contribution in [2.24, 2.45) is 5.92 Å². The van der Waals surface area contributed by atoms with E-state index in [0.717, 1.165) is 29.7 Å². The van der Waals surface area contributed by atoms with Crippen LogP contribution >= 0.6 is 12.2 Å². The van der Waals surface area contributed by atoms with Crippen molar-refractivity contribution in [1.29, 1.82) is 0 Å². The van der Waals surface area contributed by atoms with Gasteiger partial charge in [0.1, 0.15) is 0 Å². The molecule has 3 aromatic rings. The Bertz CT molecular complexity index is 1110. The summed E-state index contributed by atoms with van der Waals surface area (Å²) in [5.74, 6) is 0.808. The molecule has 1 fully saturated rings. The molecule has 0 aliphatic heterocycles. The van der Waals surface area contributed by atoms with Crippen molar-refractivity contribution in [1.82, 2.24) is 14.8 Å². The maximum absolute atomic E-state index is 12.4. The molecule has 1 aromatic heterocycles. The highest BCUT2D eigenvalue weighted by Gasteiger charge is 2.29. The summed E-state index contributed by atoms with van der Waals surface area (Å²) in [7, 11) is 0. The van der Waals surface area contributed by atoms with Gasteiger partial charge in [-0.15, -0.1) is 0 Å². The number of benzene rings is 2. The van der Waals surface area contributed by atoms with Gasteiger partial charge in [0, 0.05) is 35.8 Å². The van der Waals surface area contributed by atoms with Crippen molar-refractivity contribution >= 4 is 35.4 Å². The molecule has 1 aliphatic carbocycles. The van der Waals surface area contributed by atoms with E-state index in [1.807, 2.05) is 35.8 Å². The van der Waals surface area contributed by atoms with Crippen molar-refractivity contribution in [3.05, 3.63) is 58.9 Å². The Labute approximate surface area is 179 Å². The minimum atomic E-state index is -0.122. The van der Waals surface area contributed by atoms with Gasteiger partial charge in [0.2, 0.25) is 11.8 Å². The third-order valence-electron chi connectivity index (χ3n) is 5.01. The number of hydrogen-bond acceptors (Lipinski definition) is 4. The molecular formula is C22H23N5O2S. The topological polar surface area (TPSA) is 91.8 Å². The van der Waals surface area contributed by atoms with Gasteiger partial charge in [-0.3, -0.25) is 19.3 Å². The zero-order valence-corrected chi connectivity index (χ0v) is 17.5. The van der Waals surface area contributed by atoms with E-state index in [1.54, 1.807) is 24.3 Å². The summed E-state index contributed by atoms with van der Waals surface area (Å²) in [6, 6.07) is 15.1. The number of H-pyrrole nitrogens is 1. The smallest absolute Gasteiger partial charge is 0.227 e. The number of aryl methyl sites for hydroxylation is 1. The first-order valence-electron chi connectivity index (χ1n) is 9.92. The quantitative estimate of drug-likeness (QED) is 0.496. The molecule has 0 unspecified atom stereocenters. The van der Waals surface area contributed by atoms with Crippen LogP contribution in [0.5, 0.6) is 0 Å². The first-order valence-corrected chi connectivity index (χ1v) is 10.3. The molecule has 0 bridgehead atoms. The van der Waals surface area contributed by atoms with E-state index in [1.165, 1.54) is 0 Å². The third-order valence-corrected chi connectivity index (χ3v) is 5.33. The number of carbonyl (C=O) groups excluding carboxylic acids is 2. The Morgan fingerprint density at radius 2 is 1.70 bits per heavy atom. The van der Waals surface area contributed by atoms with Crippen molar-refractivity contribution < 1.29 is 9.59 Å². The number of aromatic nitrogens is 3. The number of amides is 2. The third kappa shape index (κ3) is 4.83. The number of hydrogen-bond donors (Lipinski definition) is 3. The van der Waals surface area contributed by atoms with E-state index >= 15 is 0 Å². The summed E-state index contributed by atoms with van der Waals surface area (Å²) >= 11 is 5.33. The summed E-state index contributed by atoms with van der Waals surface area (Å²) in [5, 5.41) is 12.9. The monoisotopic (exact) mass is 421 g/mol. The van der Waals surface area contributed by atoms with E-state index in [4.69, 9.17) is 12.2 Å². The van der Waals surface area contributed by atoms with Crippen LogP contribution in [0.4, 0.5) is 11.4 Å². The Morgan fingerprint density at radius 3 is 2.33 bits per heavy atom. The maximum Gasteiger partial charge on any atom is 0.227 e. The number of aromatic amines is 1. The number of anilines is 2. The summed E-state index contributed by atoms with van der Waals surface area (Å²) in [6.45, 7) is 2.44. The van der Waals surface area contributed by atoms with Gasteiger partial charge in [-0.25, -0.2) is 0 Å². The van der Waals surface area contributed by atoms with E-state index < -0.39 is 0 Å². The van der Waals surface area contributed by atoms with Gasteiger partial charge >= 0.3 is 0 Å². The average Bonchev–Trinajstić information content (AvgIpc) is 3.52. The van der Waals surface area contributed by atoms with Gasteiger partial charge in [-0.1, -0.05) is 29.8 Å². The molecule has 8 heteroatoms. The lowest BCUT2D eigenvalue weighted by molar-refractivity contribution is -0.117. The van der Waals surface area contributed by atoms with E-state index in [0.29, 0.717) is 22.8 Å². The van der Waals surface area contributed by atoms with Crippen LogP contribution in [0, 0.1) is 17.6 Å². The lowest BCUT2D eigenvalue weighted by atomic mass is 10.1. The first kappa shape index (κ1) is 20.0. The standard InChI is InChI=1S/C22H23N5O2S/c1-14-2-4-15(5-3-14)20-25-26-22(30)27(20)13-12-19(28)23-17-8-10-18(11-9-17)24-21(29)16-6-7-16/h2-5,8-11,16H,6-7,12-13H2,1H3,(H,23,28)(H,24,29)(H,26,30). The maximum atomic E-state index is 12.4. The molecule has 0 radical (unpaired) electrons. The fourth-order valence-electron chi connectivity index (χ4n) is 3.11. The van der Waals surface area contributed by atoms with Crippen molar-refractivity contribution in [2.75, 3.05) is 10.6 Å². The molecule has 0 spiro atoms. The molecule has 2 aromatic carbocycles. The van der Waals surface area contributed by atoms with Gasteiger partial charge < -0.3 is 10.6 Å². The van der Waals surface area contributed by atoms with Gasteiger partial charge in [0.25, 0.3) is 0 Å². The lowest BCUT2D eigenvalue weighted by Gasteiger charge is -2.09. The lowest BCUT2D eigenvalue weighted by Crippen LogP contribution is -2.15. The van der Waals surface area contributed by atoms with Gasteiger partial charge in [-0.2, -0.15) is 5.10 Å². The summed E-state index contributed by atoms with van der Waals surface area (Å²) in [6.07, 6.45) is 2.19. The highest BCUT2D eigenvalue weighted by atomic mass is 32.1. The van der Waals surface area contributed by atoms with Crippen molar-refractivity contribution in [2.45, 2.75) is 32.7 Å². The van der Waals surface area contributed by atoms with Crippen LogP contribution in [-0.2, 0) is 16.1 Å². The molecule has 1 aliphatic rings. The fraction of sp³-hybridized carbons (Fsp3) is 0.273. The molecule has 30 heavy (non-hydrogen) atoms. The number of nitrogens with zero attached hydrogens (tertiary/aromatic N) is 2. The molecule has 0 saturated heterocycles. The van der Waals surface area contributed by atoms with Gasteiger partial charge in [0.15, 0.2) is 10.6 Å². The van der Waals surface area contributed by atoms with Gasteiger partial charge in [-0.05, 0) is 56.2 Å². The average molecular weight is 422 g/mol. The number of carbonyl (C=O) groups is 2. The molecular weight excluding hydrogens is 398 g/mol. The van der Waals surface area contributed by atoms with E-state index in [2.05, 4.69) is 20.8 Å². The minimum absolute atomic E-state index is 0.0630. The second-order valence-electron chi connectivity index (χ2n) is 7.51. The van der Waals surface area contributed by atoms with Crippen LogP contribution in [0.15, 0.2) is 48.5 Å². The van der Waals surface area contributed by atoms with Crippen LogP contribution < -0.4 is 10.6 Å². The number of nitrogens with one attached hydrogen (secondary N) is 3. The predicted octanol–water partition coefficient (Wildman–Crippen LogP) is 4.29. The highest BCUT2D eigenvalue weighted by Crippen LogP contribution is 2.30. The zero-order chi connectivity index (χ0) is 21.1. The molecule has 154 valence electrons. The molecule has 7 nitrogen and oxygen atoms in total. The summed E-state index contributed by atoms with van der Waals surface area (Å²) in [4.78, 5) is 24.2. The van der Waals surface area contributed by atoms with Crippen LogP contribution in [0.1, 0.15) is 24.8 Å². The summed E-state index contributed by atoms with van der Waals surface area (Å²) in [5.41, 5.74) is 3.52. The second kappa shape index (κ2) is 8.62. The predicted molar refractivity (Wildman–Crippen MR) is 119 cm³/mol. The van der Waals surface area contributed by atoms with Gasteiger partial charge in [0.05, 0.1) is 0 Å². The first-order chi connectivity index (χ1) is 14.5. The Morgan fingerprint density at radius 1 is 1.07 bits per heavy atom. The molecule has 4 rings (SSSR count). The van der Waals surface area contributed by atoms with Crippen LogP contribution in [0.3, 0.4) is 0 Å². The summed E-state index contributed by atoms with van der Waals surface area (Å²) < 4.78 is 2.31. The molecule has 1 saturated carbocycles. The normalized spacial score (nSPS) is 13.1. The van der Waals surface area contributed by atoms with Crippen LogP contribution in [-0.4, -0.2) is 26.6 Å². The zero-order valence-electron chi connectivity index (χ0n) is 16.6. The van der Waals surface area contributed by atoms with Crippen molar-refractivity contribution in [3.63, 3.8) is 0 Å². The second-order valence-corrected chi connectivity index (χ2v) is 7.90. The Balaban J connectivity index is 1.35. The van der Waals surface area contributed by atoms with Crippen LogP contribution in [0.2, 0.25) is 0 Å². The molecule has 0 atom stereocenters. The SMILES string of the molecule is Cc1ccc(-c2n[nH]c(=S)n2CCC(=O)Nc2ccc(NC(=O)C3CC3)cc2)cc1. The van der Waals surface area contributed by atoms with Crippen LogP contribution in [0.25, 0.3) is 11.4 Å².